The summed E-state index contributed by atoms with van der Waals surface area (Å²) in [5.74, 6) is -0.264. The van der Waals surface area contributed by atoms with Gasteiger partial charge in [-0.2, -0.15) is 13.2 Å². The van der Waals surface area contributed by atoms with Crippen LogP contribution in [0.3, 0.4) is 0 Å². The van der Waals surface area contributed by atoms with E-state index < -0.39 is 12.8 Å². The van der Waals surface area contributed by atoms with Crippen molar-refractivity contribution in [3.63, 3.8) is 0 Å². The first-order chi connectivity index (χ1) is 4.99. The fraction of sp³-hybridized carbons (Fsp3) is 0.833. The van der Waals surface area contributed by atoms with Crippen LogP contribution in [0.2, 0.25) is 0 Å². The van der Waals surface area contributed by atoms with Crippen molar-refractivity contribution in [2.45, 2.75) is 19.0 Å². The second-order valence-corrected chi connectivity index (χ2v) is 2.54. The summed E-state index contributed by atoms with van der Waals surface area (Å²) in [5.41, 5.74) is 0. The molecule has 1 saturated carbocycles. The number of hydrogen-bond donors (Lipinski definition) is 1. The summed E-state index contributed by atoms with van der Waals surface area (Å²) >= 11 is 0. The van der Waals surface area contributed by atoms with Crippen LogP contribution in [-0.4, -0.2) is 18.7 Å². The Morgan fingerprint density at radius 2 is 2.00 bits per heavy atom. The van der Waals surface area contributed by atoms with Crippen molar-refractivity contribution in [2.75, 3.05) is 6.61 Å². The maximum atomic E-state index is 11.5. The zero-order valence-electron chi connectivity index (χ0n) is 5.74. The molecular weight excluding hydrogens is 159 g/mol. The van der Waals surface area contributed by atoms with Gasteiger partial charge in [-0.25, -0.2) is 0 Å². The van der Waals surface area contributed by atoms with Gasteiger partial charge in [0, 0.05) is 5.92 Å². The van der Waals surface area contributed by atoms with Gasteiger partial charge in [0.2, 0.25) is 0 Å². The monoisotopic (exact) mass is 167 g/mol. The standard InChI is InChI=1S/C6H8F3NO/c7-6(8,9)3-11-5(10)4-1-2-4/h4,10H,1-3H2. The van der Waals surface area contributed by atoms with Gasteiger partial charge in [-0.05, 0) is 12.8 Å². The molecular formula is C6H8F3NO. The Hall–Kier alpha value is -0.740. The van der Waals surface area contributed by atoms with Crippen LogP contribution in [0.1, 0.15) is 12.8 Å². The predicted octanol–water partition coefficient (Wildman–Crippen LogP) is 1.95. The van der Waals surface area contributed by atoms with Crippen molar-refractivity contribution in [1.29, 1.82) is 5.41 Å². The van der Waals surface area contributed by atoms with Crippen molar-refractivity contribution >= 4 is 5.90 Å². The first-order valence-electron chi connectivity index (χ1n) is 3.27. The van der Waals surface area contributed by atoms with Crippen LogP contribution in [0.25, 0.3) is 0 Å². The van der Waals surface area contributed by atoms with Crippen molar-refractivity contribution in [3.05, 3.63) is 0 Å². The van der Waals surface area contributed by atoms with E-state index in [1.54, 1.807) is 0 Å². The van der Waals surface area contributed by atoms with Gasteiger partial charge in [0.15, 0.2) is 12.5 Å². The molecule has 1 fully saturated rings. The molecule has 1 aliphatic rings. The molecule has 11 heavy (non-hydrogen) atoms. The molecule has 1 rings (SSSR count). The topological polar surface area (TPSA) is 33.1 Å². The van der Waals surface area contributed by atoms with Crippen LogP contribution in [0, 0.1) is 11.3 Å². The number of hydrogen-bond acceptors (Lipinski definition) is 2. The summed E-state index contributed by atoms with van der Waals surface area (Å²) in [6.45, 7) is -1.33. The molecule has 0 spiro atoms. The maximum absolute atomic E-state index is 11.5. The van der Waals surface area contributed by atoms with E-state index in [-0.39, 0.29) is 11.8 Å². The Morgan fingerprint density at radius 3 is 2.36 bits per heavy atom. The van der Waals surface area contributed by atoms with Crippen LogP contribution in [-0.2, 0) is 4.74 Å². The summed E-state index contributed by atoms with van der Waals surface area (Å²) in [5, 5.41) is 6.96. The lowest BCUT2D eigenvalue weighted by Crippen LogP contribution is -2.20. The van der Waals surface area contributed by atoms with Gasteiger partial charge < -0.3 is 4.74 Å². The highest BCUT2D eigenvalue weighted by Crippen LogP contribution is 2.30. The van der Waals surface area contributed by atoms with Crippen LogP contribution < -0.4 is 0 Å². The molecule has 1 N–H and O–H groups in total. The highest BCUT2D eigenvalue weighted by Gasteiger charge is 2.33. The van der Waals surface area contributed by atoms with Gasteiger partial charge in [0.05, 0.1) is 0 Å². The minimum atomic E-state index is -4.32. The molecule has 2 nitrogen and oxygen atoms in total. The molecule has 64 valence electrons. The summed E-state index contributed by atoms with van der Waals surface area (Å²) < 4.78 is 38.6. The summed E-state index contributed by atoms with van der Waals surface area (Å²) in [6, 6.07) is 0. The Bertz CT molecular complexity index is 162. The van der Waals surface area contributed by atoms with Gasteiger partial charge in [0.25, 0.3) is 0 Å². The molecule has 5 heteroatoms. The lowest BCUT2D eigenvalue weighted by molar-refractivity contribution is -0.156. The van der Waals surface area contributed by atoms with E-state index >= 15 is 0 Å². The van der Waals surface area contributed by atoms with Gasteiger partial charge >= 0.3 is 6.18 Å². The fourth-order valence-electron chi connectivity index (χ4n) is 0.623. The third-order valence-corrected chi connectivity index (χ3v) is 1.34. The van der Waals surface area contributed by atoms with Crippen molar-refractivity contribution in [2.24, 2.45) is 5.92 Å². The minimum absolute atomic E-state index is 0.0441. The maximum Gasteiger partial charge on any atom is 0.422 e. The van der Waals surface area contributed by atoms with Crippen LogP contribution in [0.4, 0.5) is 13.2 Å². The number of alkyl halides is 3. The molecule has 0 aromatic heterocycles. The van der Waals surface area contributed by atoms with Gasteiger partial charge in [-0.3, -0.25) is 5.41 Å². The van der Waals surface area contributed by atoms with E-state index in [4.69, 9.17) is 5.41 Å². The van der Waals surface area contributed by atoms with E-state index in [0.717, 1.165) is 12.8 Å². The SMILES string of the molecule is N=C(OCC(F)(F)F)C1CC1. The second-order valence-electron chi connectivity index (χ2n) is 2.54. The molecule has 0 heterocycles. The highest BCUT2D eigenvalue weighted by atomic mass is 19.4. The minimum Gasteiger partial charge on any atom is -0.471 e. The summed E-state index contributed by atoms with van der Waals surface area (Å²) in [4.78, 5) is 0. The smallest absolute Gasteiger partial charge is 0.422 e. The van der Waals surface area contributed by atoms with Crippen molar-refractivity contribution in [3.8, 4) is 0 Å². The molecule has 1 aliphatic carbocycles. The molecule has 0 unspecified atom stereocenters. The Balaban J connectivity index is 2.16. The molecule has 0 bridgehead atoms. The fourth-order valence-corrected chi connectivity index (χ4v) is 0.623. The first-order valence-corrected chi connectivity index (χ1v) is 3.27. The third-order valence-electron chi connectivity index (χ3n) is 1.34. The van der Waals surface area contributed by atoms with Gasteiger partial charge in [0.1, 0.15) is 0 Å². The zero-order chi connectivity index (χ0) is 8.48. The molecule has 0 saturated heterocycles. The Kier molecular flexibility index (Phi) is 2.06. The Labute approximate surface area is 61.9 Å². The number of ether oxygens (including phenoxy) is 1. The highest BCUT2D eigenvalue weighted by molar-refractivity contribution is 5.77. The average molecular weight is 167 g/mol. The second kappa shape index (κ2) is 2.71. The predicted molar refractivity (Wildman–Crippen MR) is 32.5 cm³/mol. The molecule has 0 aliphatic heterocycles. The van der Waals surface area contributed by atoms with E-state index in [2.05, 4.69) is 4.74 Å². The van der Waals surface area contributed by atoms with Crippen LogP contribution in [0.15, 0.2) is 0 Å². The normalized spacial score (nSPS) is 18.1. The average Bonchev–Trinajstić information content (AvgIpc) is 2.61. The molecule has 0 atom stereocenters. The quantitative estimate of drug-likeness (QED) is 0.494. The zero-order valence-corrected chi connectivity index (χ0v) is 5.74. The van der Waals surface area contributed by atoms with E-state index in [1.807, 2.05) is 0 Å². The van der Waals surface area contributed by atoms with Crippen molar-refractivity contribution in [1.82, 2.24) is 0 Å². The molecule has 0 aromatic carbocycles. The summed E-state index contributed by atoms with van der Waals surface area (Å²) in [6.07, 6.45) is -2.74. The third kappa shape index (κ3) is 3.25. The van der Waals surface area contributed by atoms with E-state index in [9.17, 15) is 13.2 Å². The largest absolute Gasteiger partial charge is 0.471 e. The van der Waals surface area contributed by atoms with Gasteiger partial charge in [-0.1, -0.05) is 0 Å². The van der Waals surface area contributed by atoms with Crippen LogP contribution >= 0.6 is 0 Å². The lowest BCUT2D eigenvalue weighted by atomic mass is 10.4. The van der Waals surface area contributed by atoms with Crippen LogP contribution in [0.5, 0.6) is 0 Å². The molecule has 0 aromatic rings. The van der Waals surface area contributed by atoms with Crippen molar-refractivity contribution < 1.29 is 17.9 Å². The Morgan fingerprint density at radius 1 is 1.45 bits per heavy atom. The lowest BCUT2D eigenvalue weighted by Gasteiger charge is -2.08. The van der Waals surface area contributed by atoms with E-state index in [0.29, 0.717) is 0 Å². The summed E-state index contributed by atoms with van der Waals surface area (Å²) in [7, 11) is 0. The molecule has 0 radical (unpaired) electrons. The molecule has 0 amide bonds. The number of halogens is 3. The first kappa shape index (κ1) is 8.36. The number of rotatable bonds is 2. The number of nitrogens with one attached hydrogen (secondary N) is 1. The van der Waals surface area contributed by atoms with E-state index in [1.165, 1.54) is 0 Å². The van der Waals surface area contributed by atoms with Gasteiger partial charge in [-0.15, -0.1) is 0 Å².